The third kappa shape index (κ3) is 4.46. The smallest absolute Gasteiger partial charge is 0.315 e. The summed E-state index contributed by atoms with van der Waals surface area (Å²) in [6.07, 6.45) is 1.65. The predicted molar refractivity (Wildman–Crippen MR) is 88.7 cm³/mol. The van der Waals surface area contributed by atoms with E-state index in [1.807, 2.05) is 37.3 Å². The van der Waals surface area contributed by atoms with Gasteiger partial charge in [-0.3, -0.25) is 0 Å². The number of nitrogens with zero attached hydrogens (tertiary/aromatic N) is 1. The van der Waals surface area contributed by atoms with Crippen LogP contribution in [0.25, 0.3) is 0 Å². The first-order valence-corrected chi connectivity index (χ1v) is 7.67. The first-order valence-electron chi connectivity index (χ1n) is 6.88. The van der Waals surface area contributed by atoms with Crippen molar-refractivity contribution in [2.24, 2.45) is 0 Å². The second-order valence-corrected chi connectivity index (χ2v) is 5.63. The monoisotopic (exact) mass is 363 g/mol. The third-order valence-electron chi connectivity index (χ3n) is 3.18. The summed E-state index contributed by atoms with van der Waals surface area (Å²) in [6, 6.07) is 11.1. The summed E-state index contributed by atoms with van der Waals surface area (Å²) in [5.41, 5.74) is 1.96. The Morgan fingerprint density at radius 3 is 2.86 bits per heavy atom. The summed E-state index contributed by atoms with van der Waals surface area (Å²) in [7, 11) is 1.56. The number of carbonyl (C=O) groups excluding carboxylic acids is 1. The molecule has 1 aromatic carbocycles. The van der Waals surface area contributed by atoms with Crippen molar-refractivity contribution in [2.45, 2.75) is 19.5 Å². The number of pyridine rings is 1. The summed E-state index contributed by atoms with van der Waals surface area (Å²) in [6.45, 7) is 2.35. The number of hydrogen-bond donors (Lipinski definition) is 2. The lowest BCUT2D eigenvalue weighted by atomic mass is 10.1. The highest BCUT2D eigenvalue weighted by molar-refractivity contribution is 9.10. The maximum absolute atomic E-state index is 12.0. The Morgan fingerprint density at radius 1 is 1.36 bits per heavy atom. The van der Waals surface area contributed by atoms with Crippen molar-refractivity contribution in [1.29, 1.82) is 0 Å². The van der Waals surface area contributed by atoms with E-state index >= 15 is 0 Å². The van der Waals surface area contributed by atoms with Gasteiger partial charge in [-0.2, -0.15) is 0 Å². The van der Waals surface area contributed by atoms with E-state index in [1.165, 1.54) is 0 Å². The van der Waals surface area contributed by atoms with Crippen LogP contribution in [0.15, 0.2) is 47.1 Å². The van der Waals surface area contributed by atoms with E-state index in [0.717, 1.165) is 15.6 Å². The molecule has 0 radical (unpaired) electrons. The Bertz CT molecular complexity index is 649. The molecule has 1 heterocycles. The van der Waals surface area contributed by atoms with E-state index in [1.54, 1.807) is 19.4 Å². The van der Waals surface area contributed by atoms with E-state index in [4.69, 9.17) is 4.74 Å². The van der Waals surface area contributed by atoms with Crippen molar-refractivity contribution in [3.05, 3.63) is 58.2 Å². The molecular formula is C16H18BrN3O2. The van der Waals surface area contributed by atoms with Crippen molar-refractivity contribution in [3.8, 4) is 5.88 Å². The molecule has 0 aliphatic heterocycles. The number of rotatable bonds is 5. The summed E-state index contributed by atoms with van der Waals surface area (Å²) in [5, 5.41) is 5.73. The second kappa shape index (κ2) is 7.79. The molecule has 6 heteroatoms. The fourth-order valence-electron chi connectivity index (χ4n) is 2.01. The highest BCUT2D eigenvalue weighted by Gasteiger charge is 2.11. The van der Waals surface area contributed by atoms with Crippen LogP contribution in [0.3, 0.4) is 0 Å². The minimum atomic E-state index is -0.223. The Kier molecular flexibility index (Phi) is 5.77. The van der Waals surface area contributed by atoms with Gasteiger partial charge in [-0.1, -0.05) is 34.1 Å². The molecule has 1 aromatic heterocycles. The standard InChI is InChI=1S/C16H18BrN3O2/c1-11(13-5-3-4-6-14(13)17)20-16(21)19-10-12-7-8-18-15(9-12)22-2/h3-9,11H,10H2,1-2H3,(H2,19,20,21)/t11-/m0/s1. The van der Waals surface area contributed by atoms with Gasteiger partial charge in [0, 0.05) is 23.3 Å². The van der Waals surface area contributed by atoms with E-state index in [-0.39, 0.29) is 12.1 Å². The molecule has 5 nitrogen and oxygen atoms in total. The van der Waals surface area contributed by atoms with Crippen LogP contribution in [0.5, 0.6) is 5.88 Å². The lowest BCUT2D eigenvalue weighted by molar-refractivity contribution is 0.237. The molecule has 0 saturated carbocycles. The number of urea groups is 1. The van der Waals surface area contributed by atoms with Crippen molar-refractivity contribution in [3.63, 3.8) is 0 Å². The zero-order valence-corrected chi connectivity index (χ0v) is 14.1. The molecule has 1 atom stereocenters. The third-order valence-corrected chi connectivity index (χ3v) is 3.90. The van der Waals surface area contributed by atoms with Gasteiger partial charge in [-0.15, -0.1) is 0 Å². The molecule has 0 spiro atoms. The molecular weight excluding hydrogens is 346 g/mol. The summed E-state index contributed by atoms with van der Waals surface area (Å²) >= 11 is 3.49. The molecule has 0 bridgehead atoms. The van der Waals surface area contributed by atoms with Gasteiger partial charge < -0.3 is 15.4 Å². The topological polar surface area (TPSA) is 63.2 Å². The first kappa shape index (κ1) is 16.3. The highest BCUT2D eigenvalue weighted by atomic mass is 79.9. The van der Waals surface area contributed by atoms with Crippen LogP contribution in [-0.2, 0) is 6.54 Å². The van der Waals surface area contributed by atoms with Gasteiger partial charge in [0.25, 0.3) is 0 Å². The normalized spacial score (nSPS) is 11.6. The zero-order valence-electron chi connectivity index (χ0n) is 12.5. The Labute approximate surface area is 138 Å². The van der Waals surface area contributed by atoms with Crippen molar-refractivity contribution < 1.29 is 9.53 Å². The maximum atomic E-state index is 12.0. The van der Waals surface area contributed by atoms with Gasteiger partial charge in [0.1, 0.15) is 0 Å². The number of ether oxygens (including phenoxy) is 1. The molecule has 0 aliphatic rings. The molecule has 22 heavy (non-hydrogen) atoms. The van der Waals surface area contributed by atoms with Crippen molar-refractivity contribution in [1.82, 2.24) is 15.6 Å². The van der Waals surface area contributed by atoms with Gasteiger partial charge in [-0.05, 0) is 30.2 Å². The fraction of sp³-hybridized carbons (Fsp3) is 0.250. The number of nitrogens with one attached hydrogen (secondary N) is 2. The van der Waals surface area contributed by atoms with Gasteiger partial charge in [-0.25, -0.2) is 9.78 Å². The van der Waals surface area contributed by atoms with Crippen LogP contribution in [0.1, 0.15) is 24.1 Å². The van der Waals surface area contributed by atoms with Crippen molar-refractivity contribution >= 4 is 22.0 Å². The Balaban J connectivity index is 1.89. The van der Waals surface area contributed by atoms with Crippen LogP contribution in [-0.4, -0.2) is 18.1 Å². The molecule has 2 N–H and O–H groups in total. The number of amides is 2. The number of hydrogen-bond acceptors (Lipinski definition) is 3. The number of benzene rings is 1. The van der Waals surface area contributed by atoms with E-state index < -0.39 is 0 Å². The summed E-state index contributed by atoms with van der Waals surface area (Å²) < 4.78 is 6.03. The molecule has 2 amide bonds. The minimum Gasteiger partial charge on any atom is -0.481 e. The molecule has 0 aliphatic carbocycles. The molecule has 0 saturated heterocycles. The average Bonchev–Trinajstić information content (AvgIpc) is 2.53. The molecule has 0 fully saturated rings. The summed E-state index contributed by atoms with van der Waals surface area (Å²) in [4.78, 5) is 16.0. The fourth-order valence-corrected chi connectivity index (χ4v) is 2.63. The van der Waals surface area contributed by atoms with Gasteiger partial charge in [0.05, 0.1) is 13.2 Å². The Hall–Kier alpha value is -2.08. The van der Waals surface area contributed by atoms with E-state index in [2.05, 4.69) is 31.5 Å². The maximum Gasteiger partial charge on any atom is 0.315 e. The minimum absolute atomic E-state index is 0.0949. The van der Waals surface area contributed by atoms with Crippen molar-refractivity contribution in [2.75, 3.05) is 7.11 Å². The number of halogens is 1. The van der Waals surface area contributed by atoms with Crippen LogP contribution < -0.4 is 15.4 Å². The zero-order chi connectivity index (χ0) is 15.9. The van der Waals surface area contributed by atoms with Crippen LogP contribution in [0.2, 0.25) is 0 Å². The van der Waals surface area contributed by atoms with E-state index in [9.17, 15) is 4.79 Å². The van der Waals surface area contributed by atoms with Gasteiger partial charge in [0.15, 0.2) is 0 Å². The quantitative estimate of drug-likeness (QED) is 0.855. The van der Waals surface area contributed by atoms with Crippen LogP contribution in [0, 0.1) is 0 Å². The SMILES string of the molecule is COc1cc(CNC(=O)N[C@@H](C)c2ccccc2Br)ccn1. The lowest BCUT2D eigenvalue weighted by Gasteiger charge is -2.16. The molecule has 2 aromatic rings. The lowest BCUT2D eigenvalue weighted by Crippen LogP contribution is -2.36. The highest BCUT2D eigenvalue weighted by Crippen LogP contribution is 2.22. The second-order valence-electron chi connectivity index (χ2n) is 4.78. The van der Waals surface area contributed by atoms with Gasteiger partial charge >= 0.3 is 6.03 Å². The molecule has 0 unspecified atom stereocenters. The largest absolute Gasteiger partial charge is 0.481 e. The number of methoxy groups -OCH3 is 1. The van der Waals surface area contributed by atoms with Crippen LogP contribution >= 0.6 is 15.9 Å². The first-order chi connectivity index (χ1) is 10.6. The molecule has 2 rings (SSSR count). The number of aromatic nitrogens is 1. The average molecular weight is 364 g/mol. The van der Waals surface area contributed by atoms with Gasteiger partial charge in [0.2, 0.25) is 5.88 Å². The predicted octanol–water partition coefficient (Wildman–Crippen LogP) is 3.41. The Morgan fingerprint density at radius 2 is 2.14 bits per heavy atom. The summed E-state index contributed by atoms with van der Waals surface area (Å²) in [5.74, 6) is 0.529. The molecule has 116 valence electrons. The van der Waals surface area contributed by atoms with E-state index in [0.29, 0.717) is 12.4 Å². The van der Waals surface area contributed by atoms with Crippen LogP contribution in [0.4, 0.5) is 4.79 Å². The number of carbonyl (C=O) groups is 1.